The van der Waals surface area contributed by atoms with Crippen LogP contribution in [0, 0.1) is 0 Å². The molecule has 0 fully saturated rings. The normalized spacial score (nSPS) is 13.9. The summed E-state index contributed by atoms with van der Waals surface area (Å²) in [6.45, 7) is 5.06. The molecule has 0 amide bonds. The lowest BCUT2D eigenvalue weighted by molar-refractivity contribution is 0.0600. The van der Waals surface area contributed by atoms with Gasteiger partial charge in [-0.1, -0.05) is 43.7 Å². The molecule has 1 aliphatic rings. The Hall–Kier alpha value is -4.67. The monoisotopic (exact) mass is 528 g/mol. The molecule has 2 N–H and O–H groups in total. The quantitative estimate of drug-likeness (QED) is 0.303. The topological polar surface area (TPSA) is 125 Å². The molecule has 3 aromatic heterocycles. The summed E-state index contributed by atoms with van der Waals surface area (Å²) in [5, 5.41) is 17.4. The number of rotatable bonds is 10. The lowest BCUT2D eigenvalue weighted by Gasteiger charge is -2.31. The van der Waals surface area contributed by atoms with Crippen molar-refractivity contribution in [3.63, 3.8) is 0 Å². The molecule has 39 heavy (non-hydrogen) atoms. The zero-order valence-electron chi connectivity index (χ0n) is 22.3. The van der Waals surface area contributed by atoms with Gasteiger partial charge in [0.1, 0.15) is 11.4 Å². The third kappa shape index (κ3) is 4.83. The van der Waals surface area contributed by atoms with E-state index in [2.05, 4.69) is 45.0 Å². The van der Waals surface area contributed by atoms with Gasteiger partial charge < -0.3 is 14.6 Å². The Bertz CT molecular complexity index is 1560. The molecule has 11 heteroatoms. The zero-order chi connectivity index (χ0) is 27.4. The van der Waals surface area contributed by atoms with E-state index in [4.69, 9.17) is 4.74 Å². The van der Waals surface area contributed by atoms with Gasteiger partial charge in [-0.2, -0.15) is 0 Å². The van der Waals surface area contributed by atoms with Gasteiger partial charge in [-0.25, -0.2) is 14.7 Å². The van der Waals surface area contributed by atoms with Crippen molar-refractivity contribution >= 4 is 5.97 Å². The van der Waals surface area contributed by atoms with Crippen LogP contribution in [0.5, 0.6) is 0 Å². The van der Waals surface area contributed by atoms with Crippen LogP contribution in [-0.2, 0) is 29.7 Å². The maximum atomic E-state index is 14.1. The summed E-state index contributed by atoms with van der Waals surface area (Å²) < 4.78 is 10.3. The summed E-state index contributed by atoms with van der Waals surface area (Å²) in [6, 6.07) is 9.67. The van der Waals surface area contributed by atoms with Crippen LogP contribution in [0.4, 0.5) is 0 Å². The average molecular weight is 529 g/mol. The Kier molecular flexibility index (Phi) is 7.31. The Morgan fingerprint density at radius 1 is 1.15 bits per heavy atom. The molecule has 0 saturated heterocycles. The van der Waals surface area contributed by atoms with Crippen molar-refractivity contribution < 1.29 is 9.53 Å². The molecule has 0 unspecified atom stereocenters. The number of hydrogen-bond donors (Lipinski definition) is 2. The smallest absolute Gasteiger partial charge is 0.341 e. The third-order valence-corrected chi connectivity index (χ3v) is 7.15. The molecule has 0 bridgehead atoms. The number of H-pyrrole nitrogens is 1. The van der Waals surface area contributed by atoms with Gasteiger partial charge in [0.05, 0.1) is 12.5 Å². The molecule has 0 spiro atoms. The minimum atomic E-state index is -0.621. The van der Waals surface area contributed by atoms with Gasteiger partial charge in [-0.3, -0.25) is 9.13 Å². The Labute approximate surface area is 225 Å². The number of nitrogens with zero attached hydrogens (tertiary/aromatic N) is 6. The second kappa shape index (κ2) is 11.0. The Balaban J connectivity index is 1.65. The number of imidazole rings is 1. The molecule has 1 aliphatic heterocycles. The highest BCUT2D eigenvalue weighted by molar-refractivity contribution is 5.93. The van der Waals surface area contributed by atoms with Crippen molar-refractivity contribution in [2.45, 2.75) is 51.6 Å². The molecular formula is C28H32N8O3. The van der Waals surface area contributed by atoms with E-state index >= 15 is 0 Å². The van der Waals surface area contributed by atoms with E-state index in [0.29, 0.717) is 30.3 Å². The SMILES string of the molecule is CCCCc1cn(-c2c(C(=O)OC)ccn2CC)c(=O)n1CC1(c2cccc(-c3nnn[nH]3)c2)C=CNC=C1. The molecule has 5 rings (SSSR count). The number of carbonyl (C=O) groups excluding carboxylic acids is 1. The second-order valence-corrected chi connectivity index (χ2v) is 9.50. The van der Waals surface area contributed by atoms with Crippen LogP contribution in [0.25, 0.3) is 17.2 Å². The highest BCUT2D eigenvalue weighted by Gasteiger charge is 2.32. The van der Waals surface area contributed by atoms with Crippen LogP contribution < -0.4 is 11.0 Å². The van der Waals surface area contributed by atoms with Crippen molar-refractivity contribution in [3.8, 4) is 17.2 Å². The summed E-state index contributed by atoms with van der Waals surface area (Å²) in [7, 11) is 1.35. The number of allylic oxidation sites excluding steroid dienone is 2. The van der Waals surface area contributed by atoms with Crippen LogP contribution >= 0.6 is 0 Å². The van der Waals surface area contributed by atoms with E-state index in [0.717, 1.165) is 36.1 Å². The largest absolute Gasteiger partial charge is 0.465 e. The minimum absolute atomic E-state index is 0.213. The standard InChI is InChI=1S/C28H32N8O3/c1-4-6-10-22-18-35(25-23(26(37)39-3)11-16-34(25)5-2)27(38)36(22)19-28(12-14-29-15-13-28)21-9-7-8-20(17-21)24-30-32-33-31-24/h7-9,11-18,29H,4-6,10,19H2,1-3H3,(H,30,31,32,33). The van der Waals surface area contributed by atoms with E-state index < -0.39 is 11.4 Å². The van der Waals surface area contributed by atoms with Crippen LogP contribution in [0.1, 0.15) is 48.3 Å². The number of carbonyl (C=O) groups is 1. The van der Waals surface area contributed by atoms with Crippen molar-refractivity contribution in [2.24, 2.45) is 0 Å². The second-order valence-electron chi connectivity index (χ2n) is 9.50. The number of aromatic nitrogens is 7. The third-order valence-electron chi connectivity index (χ3n) is 7.15. The number of nitrogens with one attached hydrogen (secondary N) is 2. The van der Waals surface area contributed by atoms with Gasteiger partial charge in [0, 0.05) is 36.7 Å². The number of aromatic amines is 1. The number of unbranched alkanes of at least 4 members (excludes halogenated alkanes) is 1. The van der Waals surface area contributed by atoms with Crippen molar-refractivity contribution in [1.82, 2.24) is 39.6 Å². The lowest BCUT2D eigenvalue weighted by atomic mass is 9.78. The highest BCUT2D eigenvalue weighted by atomic mass is 16.5. The molecule has 11 nitrogen and oxygen atoms in total. The van der Waals surface area contributed by atoms with E-state index in [1.54, 1.807) is 16.8 Å². The van der Waals surface area contributed by atoms with E-state index in [1.165, 1.54) is 7.11 Å². The molecule has 0 radical (unpaired) electrons. The Morgan fingerprint density at radius 2 is 1.97 bits per heavy atom. The summed E-state index contributed by atoms with van der Waals surface area (Å²) in [5.74, 6) is 0.596. The summed E-state index contributed by atoms with van der Waals surface area (Å²) >= 11 is 0. The van der Waals surface area contributed by atoms with Gasteiger partial charge >= 0.3 is 11.7 Å². The van der Waals surface area contributed by atoms with E-state index in [9.17, 15) is 9.59 Å². The van der Waals surface area contributed by atoms with Gasteiger partial charge in [0.2, 0.25) is 0 Å². The number of ether oxygens (including phenoxy) is 1. The first kappa shape index (κ1) is 26.0. The van der Waals surface area contributed by atoms with Gasteiger partial charge in [-0.05, 0) is 60.3 Å². The molecule has 0 atom stereocenters. The minimum Gasteiger partial charge on any atom is -0.465 e. The predicted octanol–water partition coefficient (Wildman–Crippen LogP) is 3.34. The molecular weight excluding hydrogens is 496 g/mol. The molecule has 202 valence electrons. The van der Waals surface area contributed by atoms with E-state index in [-0.39, 0.29) is 5.69 Å². The fraction of sp³-hybridized carbons (Fsp3) is 0.321. The van der Waals surface area contributed by atoms with Gasteiger partial charge in [0.15, 0.2) is 5.82 Å². The fourth-order valence-electron chi connectivity index (χ4n) is 5.06. The maximum Gasteiger partial charge on any atom is 0.341 e. The number of benzene rings is 1. The Morgan fingerprint density at radius 3 is 2.67 bits per heavy atom. The first-order chi connectivity index (χ1) is 19.0. The van der Waals surface area contributed by atoms with Crippen molar-refractivity contribution in [1.29, 1.82) is 0 Å². The fourth-order valence-corrected chi connectivity index (χ4v) is 5.06. The molecule has 0 saturated carbocycles. The summed E-state index contributed by atoms with van der Waals surface area (Å²) in [5.41, 5.74) is 2.25. The van der Waals surface area contributed by atoms with Crippen LogP contribution in [0.15, 0.2) is 72.1 Å². The predicted molar refractivity (Wildman–Crippen MR) is 146 cm³/mol. The van der Waals surface area contributed by atoms with Crippen molar-refractivity contribution in [3.05, 3.63) is 94.6 Å². The summed E-state index contributed by atoms with van der Waals surface area (Å²) in [6.07, 6.45) is 14.2. The van der Waals surface area contributed by atoms with Crippen LogP contribution in [-0.4, -0.2) is 47.4 Å². The average Bonchev–Trinajstić information content (AvgIpc) is 3.72. The number of esters is 1. The molecule has 4 heterocycles. The first-order valence-electron chi connectivity index (χ1n) is 13.1. The number of tetrazole rings is 1. The van der Waals surface area contributed by atoms with Gasteiger partial charge in [0.25, 0.3) is 0 Å². The van der Waals surface area contributed by atoms with Crippen LogP contribution in [0.3, 0.4) is 0 Å². The number of dihydropyridines is 1. The van der Waals surface area contributed by atoms with Gasteiger partial charge in [-0.15, -0.1) is 5.10 Å². The lowest BCUT2D eigenvalue weighted by Crippen LogP contribution is -2.36. The number of aryl methyl sites for hydroxylation is 2. The molecule has 0 aliphatic carbocycles. The number of methoxy groups -OCH3 is 1. The van der Waals surface area contributed by atoms with E-state index in [1.807, 2.05) is 58.9 Å². The molecule has 4 aromatic rings. The molecule has 1 aromatic carbocycles. The van der Waals surface area contributed by atoms with Crippen molar-refractivity contribution in [2.75, 3.05) is 7.11 Å². The van der Waals surface area contributed by atoms with Crippen LogP contribution in [0.2, 0.25) is 0 Å². The first-order valence-corrected chi connectivity index (χ1v) is 13.1. The zero-order valence-corrected chi connectivity index (χ0v) is 22.3. The maximum absolute atomic E-state index is 14.1. The number of hydrogen-bond acceptors (Lipinski definition) is 7. The highest BCUT2D eigenvalue weighted by Crippen LogP contribution is 2.33. The summed E-state index contributed by atoms with van der Waals surface area (Å²) in [4.78, 5) is 26.7.